The number of carbonyl (C=O) groups is 1. The molecule has 1 heterocycles. The topological polar surface area (TPSA) is 67.0 Å². The third-order valence-corrected chi connectivity index (χ3v) is 4.72. The van der Waals surface area contributed by atoms with Gasteiger partial charge in [0, 0.05) is 11.1 Å². The molecule has 0 aliphatic carbocycles. The number of anilines is 1. The monoisotopic (exact) mass is 395 g/mol. The van der Waals surface area contributed by atoms with Gasteiger partial charge in [-0.05, 0) is 37.3 Å². The number of imidazole rings is 1. The second-order valence-corrected chi connectivity index (χ2v) is 6.92. The van der Waals surface area contributed by atoms with Gasteiger partial charge < -0.3 is 15.0 Å². The van der Waals surface area contributed by atoms with Gasteiger partial charge in [0.15, 0.2) is 5.16 Å². The van der Waals surface area contributed by atoms with Crippen LogP contribution in [-0.4, -0.2) is 28.2 Å². The van der Waals surface area contributed by atoms with E-state index in [1.165, 1.54) is 11.8 Å². The van der Waals surface area contributed by atoms with Crippen LogP contribution in [0.15, 0.2) is 41.6 Å². The first kappa shape index (κ1) is 17.9. The molecule has 0 aliphatic rings. The van der Waals surface area contributed by atoms with Gasteiger partial charge in [-0.25, -0.2) is 4.98 Å². The fraction of sp³-hybridized carbons (Fsp3) is 0.176. The number of hydrogen-bond acceptors (Lipinski definition) is 4. The van der Waals surface area contributed by atoms with E-state index in [-0.39, 0.29) is 11.7 Å². The van der Waals surface area contributed by atoms with Crippen LogP contribution < -0.4 is 10.1 Å². The highest BCUT2D eigenvalue weighted by Gasteiger charge is 2.10. The molecular weight excluding hydrogens is 381 g/mol. The number of thioether (sulfide) groups is 1. The Morgan fingerprint density at radius 3 is 2.92 bits per heavy atom. The summed E-state index contributed by atoms with van der Waals surface area (Å²) < 4.78 is 5.47. The van der Waals surface area contributed by atoms with Crippen molar-refractivity contribution in [2.45, 2.75) is 12.1 Å². The van der Waals surface area contributed by atoms with E-state index in [1.54, 1.807) is 18.2 Å². The number of aromatic amines is 1. The van der Waals surface area contributed by atoms with Gasteiger partial charge in [-0.2, -0.15) is 0 Å². The first-order chi connectivity index (χ1) is 12.0. The Morgan fingerprint density at radius 2 is 2.12 bits per heavy atom. The Hall–Kier alpha value is -1.89. The maximum atomic E-state index is 12.1. The third-order valence-electron chi connectivity index (χ3n) is 3.29. The zero-order valence-electron chi connectivity index (χ0n) is 13.3. The molecule has 5 nitrogen and oxygen atoms in total. The standard InChI is InChI=1S/C17H15Cl2N3O2S/c1-2-24-11-4-6-13-15(8-11)22-17(21-13)25-9-16(23)20-14-7-10(18)3-5-12(14)19/h3-8H,2,9H2,1H3,(H,20,23)(H,21,22). The quantitative estimate of drug-likeness (QED) is 0.576. The lowest BCUT2D eigenvalue weighted by atomic mass is 10.3. The number of nitrogens with one attached hydrogen (secondary N) is 2. The molecular formula is C17H15Cl2N3O2S. The van der Waals surface area contributed by atoms with Crippen molar-refractivity contribution in [1.82, 2.24) is 9.97 Å². The molecule has 25 heavy (non-hydrogen) atoms. The zero-order valence-corrected chi connectivity index (χ0v) is 15.6. The van der Waals surface area contributed by atoms with Crippen molar-refractivity contribution >= 4 is 57.6 Å². The van der Waals surface area contributed by atoms with Crippen molar-refractivity contribution in [3.8, 4) is 5.75 Å². The average Bonchev–Trinajstić information content (AvgIpc) is 2.99. The number of nitrogens with zero attached hydrogens (tertiary/aromatic N) is 1. The number of fused-ring (bicyclic) bond motifs is 1. The SMILES string of the molecule is CCOc1ccc2nc(SCC(=O)Nc3cc(Cl)ccc3Cl)[nH]c2c1. The van der Waals surface area contributed by atoms with Crippen molar-refractivity contribution < 1.29 is 9.53 Å². The highest BCUT2D eigenvalue weighted by Crippen LogP contribution is 2.26. The molecule has 0 spiro atoms. The highest BCUT2D eigenvalue weighted by atomic mass is 35.5. The normalized spacial score (nSPS) is 10.8. The molecule has 3 aromatic rings. The summed E-state index contributed by atoms with van der Waals surface area (Å²) in [6.45, 7) is 2.54. The highest BCUT2D eigenvalue weighted by molar-refractivity contribution is 7.99. The van der Waals surface area contributed by atoms with E-state index in [2.05, 4.69) is 15.3 Å². The van der Waals surface area contributed by atoms with Crippen LogP contribution >= 0.6 is 35.0 Å². The second kappa shape index (κ2) is 7.99. The molecule has 0 bridgehead atoms. The largest absolute Gasteiger partial charge is 0.494 e. The minimum absolute atomic E-state index is 0.190. The third kappa shape index (κ3) is 4.60. The molecule has 1 aromatic heterocycles. The van der Waals surface area contributed by atoms with Crippen LogP contribution in [0.1, 0.15) is 6.92 Å². The van der Waals surface area contributed by atoms with E-state index in [9.17, 15) is 4.79 Å². The molecule has 0 radical (unpaired) electrons. The molecule has 0 atom stereocenters. The molecule has 2 N–H and O–H groups in total. The van der Waals surface area contributed by atoms with E-state index < -0.39 is 0 Å². The fourth-order valence-corrected chi connectivity index (χ4v) is 3.23. The maximum Gasteiger partial charge on any atom is 0.234 e. The minimum atomic E-state index is -0.190. The number of ether oxygens (including phenoxy) is 1. The van der Waals surface area contributed by atoms with Crippen LogP contribution in [0.4, 0.5) is 5.69 Å². The molecule has 2 aromatic carbocycles. The molecule has 3 rings (SSSR count). The Bertz CT molecular complexity index is 914. The smallest absolute Gasteiger partial charge is 0.234 e. The molecule has 0 fully saturated rings. The van der Waals surface area contributed by atoms with Crippen LogP contribution in [0, 0.1) is 0 Å². The van der Waals surface area contributed by atoms with Crippen molar-refractivity contribution in [1.29, 1.82) is 0 Å². The number of rotatable bonds is 6. The fourth-order valence-electron chi connectivity index (χ4n) is 2.20. The van der Waals surface area contributed by atoms with Gasteiger partial charge in [-0.15, -0.1) is 0 Å². The number of amides is 1. The number of H-pyrrole nitrogens is 1. The predicted molar refractivity (Wildman–Crippen MR) is 103 cm³/mol. The maximum absolute atomic E-state index is 12.1. The van der Waals surface area contributed by atoms with Crippen LogP contribution in [0.25, 0.3) is 11.0 Å². The molecule has 0 aliphatic heterocycles. The van der Waals surface area contributed by atoms with Gasteiger partial charge in [0.25, 0.3) is 0 Å². The summed E-state index contributed by atoms with van der Waals surface area (Å²) >= 11 is 13.3. The van der Waals surface area contributed by atoms with Crippen molar-refractivity contribution in [2.75, 3.05) is 17.7 Å². The molecule has 8 heteroatoms. The summed E-state index contributed by atoms with van der Waals surface area (Å²) in [5, 5.41) is 4.35. The Labute approximate surface area is 159 Å². The summed E-state index contributed by atoms with van der Waals surface area (Å²) in [7, 11) is 0. The van der Waals surface area contributed by atoms with Gasteiger partial charge >= 0.3 is 0 Å². The van der Waals surface area contributed by atoms with Crippen molar-refractivity contribution in [3.63, 3.8) is 0 Å². The van der Waals surface area contributed by atoms with Gasteiger partial charge in [-0.1, -0.05) is 35.0 Å². The first-order valence-corrected chi connectivity index (χ1v) is 9.29. The molecule has 0 unspecified atom stereocenters. The lowest BCUT2D eigenvalue weighted by molar-refractivity contribution is -0.113. The van der Waals surface area contributed by atoms with Crippen LogP contribution in [0.3, 0.4) is 0 Å². The molecule has 0 saturated carbocycles. The van der Waals surface area contributed by atoms with E-state index in [1.807, 2.05) is 25.1 Å². The number of aromatic nitrogens is 2. The van der Waals surface area contributed by atoms with Crippen LogP contribution in [0.5, 0.6) is 5.75 Å². The van der Waals surface area contributed by atoms with E-state index >= 15 is 0 Å². The van der Waals surface area contributed by atoms with Gasteiger partial charge in [0.05, 0.1) is 34.1 Å². The Morgan fingerprint density at radius 1 is 1.28 bits per heavy atom. The summed E-state index contributed by atoms with van der Waals surface area (Å²) in [6.07, 6.45) is 0. The van der Waals surface area contributed by atoms with Crippen molar-refractivity contribution in [2.24, 2.45) is 0 Å². The van der Waals surface area contributed by atoms with E-state index in [0.29, 0.717) is 27.5 Å². The van der Waals surface area contributed by atoms with Crippen LogP contribution in [0.2, 0.25) is 10.0 Å². The minimum Gasteiger partial charge on any atom is -0.494 e. The summed E-state index contributed by atoms with van der Waals surface area (Å²) in [6, 6.07) is 10.6. The molecule has 0 saturated heterocycles. The zero-order chi connectivity index (χ0) is 17.8. The van der Waals surface area contributed by atoms with Gasteiger partial charge in [0.1, 0.15) is 5.75 Å². The lowest BCUT2D eigenvalue weighted by Crippen LogP contribution is -2.14. The van der Waals surface area contributed by atoms with Crippen LogP contribution in [-0.2, 0) is 4.79 Å². The lowest BCUT2D eigenvalue weighted by Gasteiger charge is -2.06. The van der Waals surface area contributed by atoms with E-state index in [4.69, 9.17) is 27.9 Å². The number of halogens is 2. The second-order valence-electron chi connectivity index (χ2n) is 5.11. The number of benzene rings is 2. The first-order valence-electron chi connectivity index (χ1n) is 7.55. The Balaban J connectivity index is 1.63. The van der Waals surface area contributed by atoms with Gasteiger partial charge in [0.2, 0.25) is 5.91 Å². The van der Waals surface area contributed by atoms with E-state index in [0.717, 1.165) is 16.8 Å². The Kier molecular flexibility index (Phi) is 5.73. The summed E-state index contributed by atoms with van der Waals surface area (Å²) in [5.41, 5.74) is 2.18. The van der Waals surface area contributed by atoms with Gasteiger partial charge in [-0.3, -0.25) is 4.79 Å². The number of hydrogen-bond donors (Lipinski definition) is 2. The average molecular weight is 396 g/mol. The summed E-state index contributed by atoms with van der Waals surface area (Å²) in [4.78, 5) is 19.7. The number of carbonyl (C=O) groups excluding carboxylic acids is 1. The summed E-state index contributed by atoms with van der Waals surface area (Å²) in [5.74, 6) is 0.786. The molecule has 130 valence electrons. The molecule has 1 amide bonds. The predicted octanol–water partition coefficient (Wildman–Crippen LogP) is 5.00. The van der Waals surface area contributed by atoms with Crippen molar-refractivity contribution in [3.05, 3.63) is 46.4 Å².